The summed E-state index contributed by atoms with van der Waals surface area (Å²) in [6.07, 6.45) is 1.55. The van der Waals surface area contributed by atoms with Crippen molar-refractivity contribution in [1.82, 2.24) is 9.29 Å². The number of rotatable bonds is 4. The number of pyridine rings is 1. The minimum absolute atomic E-state index is 0.135. The van der Waals surface area contributed by atoms with E-state index in [1.165, 1.54) is 22.6 Å². The Balaban J connectivity index is 2.24. The average Bonchev–Trinajstić information content (AvgIpc) is 2.42. The number of nitrogens with zero attached hydrogens (tertiary/aromatic N) is 2. The number of sulfonamides is 1. The second-order valence-electron chi connectivity index (χ2n) is 5.10. The maximum atomic E-state index is 12.6. The highest BCUT2D eigenvalue weighted by molar-refractivity contribution is 7.89. The Morgan fingerprint density at radius 3 is 2.95 bits per heavy atom. The number of nitrogens with one attached hydrogen (secondary N) is 1. The minimum atomic E-state index is -3.57. The molecule has 0 spiro atoms. The van der Waals surface area contributed by atoms with Crippen LogP contribution in [0, 0.1) is 5.92 Å². The van der Waals surface area contributed by atoms with E-state index in [1.54, 1.807) is 0 Å². The van der Waals surface area contributed by atoms with Crippen LogP contribution in [-0.2, 0) is 10.0 Å². The molecule has 0 aromatic carbocycles. The average molecular weight is 299 g/mol. The third kappa shape index (κ3) is 3.11. The van der Waals surface area contributed by atoms with Gasteiger partial charge in [0.15, 0.2) is 0 Å². The van der Waals surface area contributed by atoms with Crippen LogP contribution in [0.4, 0.5) is 5.82 Å². The Kier molecular flexibility index (Phi) is 4.62. The summed E-state index contributed by atoms with van der Waals surface area (Å²) in [5.74, 6) is 0.677. The van der Waals surface area contributed by atoms with Crippen LogP contribution < -0.4 is 5.32 Å². The highest BCUT2D eigenvalue weighted by atomic mass is 32.2. The molecule has 0 bridgehead atoms. The van der Waals surface area contributed by atoms with E-state index in [1.807, 2.05) is 13.8 Å². The summed E-state index contributed by atoms with van der Waals surface area (Å²) in [5, 5.41) is 12.9. The predicted molar refractivity (Wildman–Crippen MR) is 76.9 cm³/mol. The first-order valence-corrected chi connectivity index (χ1v) is 8.27. The van der Waals surface area contributed by atoms with E-state index >= 15 is 0 Å². The van der Waals surface area contributed by atoms with Crippen molar-refractivity contribution in [1.29, 1.82) is 0 Å². The van der Waals surface area contributed by atoms with E-state index in [4.69, 9.17) is 0 Å². The molecule has 20 heavy (non-hydrogen) atoms. The maximum Gasteiger partial charge on any atom is 0.243 e. The van der Waals surface area contributed by atoms with Crippen molar-refractivity contribution in [2.75, 3.05) is 25.0 Å². The van der Waals surface area contributed by atoms with Crippen LogP contribution >= 0.6 is 0 Å². The van der Waals surface area contributed by atoms with Gasteiger partial charge in [0.25, 0.3) is 0 Å². The van der Waals surface area contributed by atoms with Crippen LogP contribution in [0.3, 0.4) is 0 Å². The number of aliphatic hydroxyl groups is 1. The Labute approximate surface area is 119 Å². The first kappa shape index (κ1) is 15.2. The summed E-state index contributed by atoms with van der Waals surface area (Å²) in [4.78, 5) is 4.28. The molecule has 112 valence electrons. The van der Waals surface area contributed by atoms with E-state index < -0.39 is 16.1 Å². The van der Waals surface area contributed by atoms with E-state index in [0.717, 1.165) is 0 Å². The molecule has 1 aliphatic rings. The lowest BCUT2D eigenvalue weighted by Gasteiger charge is -2.33. The fourth-order valence-corrected chi connectivity index (χ4v) is 3.72. The topological polar surface area (TPSA) is 82.5 Å². The fourth-order valence-electron chi connectivity index (χ4n) is 2.24. The lowest BCUT2D eigenvalue weighted by molar-refractivity contribution is 0.0605. The molecule has 1 fully saturated rings. The zero-order valence-corrected chi connectivity index (χ0v) is 12.6. The zero-order valence-electron chi connectivity index (χ0n) is 11.8. The summed E-state index contributed by atoms with van der Waals surface area (Å²) >= 11 is 0. The van der Waals surface area contributed by atoms with Crippen LogP contribution in [0.1, 0.15) is 20.3 Å². The zero-order chi connectivity index (χ0) is 14.8. The van der Waals surface area contributed by atoms with Gasteiger partial charge in [-0.25, -0.2) is 13.4 Å². The monoisotopic (exact) mass is 299 g/mol. The number of hydrogen-bond acceptors (Lipinski definition) is 5. The van der Waals surface area contributed by atoms with E-state index in [9.17, 15) is 13.5 Å². The van der Waals surface area contributed by atoms with Gasteiger partial charge in [0.2, 0.25) is 10.0 Å². The molecule has 0 saturated carbocycles. The van der Waals surface area contributed by atoms with Crippen LogP contribution in [0.25, 0.3) is 0 Å². The third-order valence-corrected chi connectivity index (χ3v) is 5.47. The molecule has 2 N–H and O–H groups in total. The summed E-state index contributed by atoms with van der Waals surface area (Å²) < 4.78 is 26.5. The van der Waals surface area contributed by atoms with Gasteiger partial charge in [0, 0.05) is 31.9 Å². The number of β-amino-alcohol motifs (C(OH)–C–C–N with tert-alkyl or cyclic N) is 1. The third-order valence-electron chi connectivity index (χ3n) is 3.61. The van der Waals surface area contributed by atoms with Gasteiger partial charge in [-0.3, -0.25) is 0 Å². The van der Waals surface area contributed by atoms with Crippen molar-refractivity contribution >= 4 is 15.8 Å². The molecular weight excluding hydrogens is 278 g/mol. The summed E-state index contributed by atoms with van der Waals surface area (Å²) in [6, 6.07) is 3.02. The van der Waals surface area contributed by atoms with Gasteiger partial charge >= 0.3 is 0 Å². The van der Waals surface area contributed by atoms with Crippen LogP contribution in [0.2, 0.25) is 0 Å². The summed E-state index contributed by atoms with van der Waals surface area (Å²) in [6.45, 7) is 5.13. The molecular formula is C13H21N3O3S. The molecule has 1 aromatic heterocycles. The molecule has 1 aromatic rings. The Bertz CT molecular complexity index is 562. The van der Waals surface area contributed by atoms with Gasteiger partial charge in [-0.05, 0) is 25.3 Å². The van der Waals surface area contributed by atoms with Gasteiger partial charge in [-0.1, -0.05) is 6.92 Å². The molecule has 1 aliphatic heterocycles. The Hall–Kier alpha value is -1.18. The van der Waals surface area contributed by atoms with Crippen molar-refractivity contribution in [3.05, 3.63) is 18.3 Å². The van der Waals surface area contributed by atoms with Gasteiger partial charge in [-0.15, -0.1) is 0 Å². The minimum Gasteiger partial charge on any atom is -0.391 e. The molecule has 0 amide bonds. The molecule has 2 atom stereocenters. The fraction of sp³-hybridized carbons (Fsp3) is 0.615. The smallest absolute Gasteiger partial charge is 0.243 e. The Morgan fingerprint density at radius 1 is 1.55 bits per heavy atom. The molecule has 2 rings (SSSR count). The van der Waals surface area contributed by atoms with Crippen molar-refractivity contribution < 1.29 is 13.5 Å². The van der Waals surface area contributed by atoms with Gasteiger partial charge < -0.3 is 10.4 Å². The SMILES string of the molecule is CCNc1cc(S(=O)(=O)N2CCC(C)C(O)C2)ccn1. The van der Waals surface area contributed by atoms with Gasteiger partial charge in [-0.2, -0.15) is 4.31 Å². The van der Waals surface area contributed by atoms with E-state index in [0.29, 0.717) is 25.3 Å². The normalized spacial score (nSPS) is 24.6. The van der Waals surface area contributed by atoms with Gasteiger partial charge in [0.1, 0.15) is 5.82 Å². The highest BCUT2D eigenvalue weighted by Gasteiger charge is 2.32. The number of piperidine rings is 1. The lowest BCUT2D eigenvalue weighted by atomic mass is 9.98. The lowest BCUT2D eigenvalue weighted by Crippen LogP contribution is -2.45. The summed E-state index contributed by atoms with van der Waals surface area (Å²) in [7, 11) is -3.57. The molecule has 6 nitrogen and oxygen atoms in total. The van der Waals surface area contributed by atoms with Gasteiger partial charge in [0.05, 0.1) is 11.0 Å². The quantitative estimate of drug-likeness (QED) is 0.863. The van der Waals surface area contributed by atoms with Crippen molar-refractivity contribution in [3.63, 3.8) is 0 Å². The van der Waals surface area contributed by atoms with Crippen molar-refractivity contribution in [3.8, 4) is 0 Å². The molecule has 7 heteroatoms. The number of hydrogen-bond donors (Lipinski definition) is 2. The Morgan fingerprint density at radius 2 is 2.30 bits per heavy atom. The molecule has 0 radical (unpaired) electrons. The molecule has 2 unspecified atom stereocenters. The second kappa shape index (κ2) is 6.07. The van der Waals surface area contributed by atoms with Crippen LogP contribution in [-0.4, -0.2) is 48.6 Å². The van der Waals surface area contributed by atoms with Crippen LogP contribution in [0.15, 0.2) is 23.2 Å². The van der Waals surface area contributed by atoms with Crippen LogP contribution in [0.5, 0.6) is 0 Å². The molecule has 1 saturated heterocycles. The molecule has 0 aliphatic carbocycles. The first-order chi connectivity index (χ1) is 9.45. The number of aliphatic hydroxyl groups excluding tert-OH is 1. The standard InChI is InChI=1S/C13H21N3O3S/c1-3-14-13-8-11(4-6-15-13)20(18,19)16-7-5-10(2)12(17)9-16/h4,6,8,10,12,17H,3,5,7,9H2,1-2H3,(H,14,15). The van der Waals surface area contributed by atoms with E-state index in [2.05, 4.69) is 10.3 Å². The largest absolute Gasteiger partial charge is 0.391 e. The highest BCUT2D eigenvalue weighted by Crippen LogP contribution is 2.24. The predicted octanol–water partition coefficient (Wildman–Crippen LogP) is 0.905. The number of anilines is 1. The van der Waals surface area contributed by atoms with Crippen molar-refractivity contribution in [2.24, 2.45) is 5.92 Å². The first-order valence-electron chi connectivity index (χ1n) is 6.83. The molecule has 2 heterocycles. The number of aromatic nitrogens is 1. The summed E-state index contributed by atoms with van der Waals surface area (Å²) in [5.41, 5.74) is 0. The van der Waals surface area contributed by atoms with E-state index in [-0.39, 0.29) is 17.4 Å². The second-order valence-corrected chi connectivity index (χ2v) is 7.04. The van der Waals surface area contributed by atoms with Crippen molar-refractivity contribution in [2.45, 2.75) is 31.3 Å². The maximum absolute atomic E-state index is 12.6.